The van der Waals surface area contributed by atoms with Crippen LogP contribution in [0.15, 0.2) is 60.7 Å². The highest BCUT2D eigenvalue weighted by atomic mass is 16.5. The van der Waals surface area contributed by atoms with Crippen LogP contribution in [0.1, 0.15) is 39.5 Å². The molecule has 0 bridgehead atoms. The molecule has 1 atom stereocenters. The van der Waals surface area contributed by atoms with Crippen LogP contribution in [-0.4, -0.2) is 25.4 Å². The highest BCUT2D eigenvalue weighted by molar-refractivity contribution is 5.43. The first-order valence-corrected chi connectivity index (χ1v) is 10.8. The zero-order valence-corrected chi connectivity index (χ0v) is 18.9. The maximum atomic E-state index is 10.7. The van der Waals surface area contributed by atoms with Gasteiger partial charge in [-0.1, -0.05) is 48.5 Å². The van der Waals surface area contributed by atoms with Gasteiger partial charge in [-0.2, -0.15) is 0 Å². The van der Waals surface area contributed by atoms with Crippen molar-refractivity contribution in [2.45, 2.75) is 39.8 Å². The number of hydrogen-bond acceptors (Lipinski definition) is 4. The Morgan fingerprint density at radius 1 is 0.839 bits per heavy atom. The number of aryl methyl sites for hydroxylation is 3. The maximum Gasteiger partial charge on any atom is 0.161 e. The monoisotopic (exact) mass is 419 g/mol. The summed E-state index contributed by atoms with van der Waals surface area (Å²) in [5.41, 5.74) is 6.83. The van der Waals surface area contributed by atoms with Gasteiger partial charge < -0.3 is 19.9 Å². The molecule has 0 aliphatic heterocycles. The van der Waals surface area contributed by atoms with E-state index in [-0.39, 0.29) is 6.61 Å². The van der Waals surface area contributed by atoms with Crippen molar-refractivity contribution < 1.29 is 14.6 Å². The standard InChI is InChI=1S/C27H33NO3/c1-19-14-21(3)24(15-20(19)2)25(29)18-31-26-11-10-23(16-27(26)30-4)17-28-13-12-22-8-6-5-7-9-22/h5-11,14-16,25,28-29H,12-13,17-18H2,1-4H3/t25-/m0/s1. The highest BCUT2D eigenvalue weighted by Crippen LogP contribution is 2.30. The lowest BCUT2D eigenvalue weighted by molar-refractivity contribution is 0.106. The smallest absolute Gasteiger partial charge is 0.161 e. The van der Waals surface area contributed by atoms with Crippen LogP contribution in [0.4, 0.5) is 0 Å². The summed E-state index contributed by atoms with van der Waals surface area (Å²) in [6, 6.07) is 20.5. The normalized spacial score (nSPS) is 11.9. The van der Waals surface area contributed by atoms with E-state index in [1.807, 2.05) is 37.3 Å². The van der Waals surface area contributed by atoms with E-state index in [0.29, 0.717) is 11.5 Å². The van der Waals surface area contributed by atoms with Crippen LogP contribution in [0.3, 0.4) is 0 Å². The summed E-state index contributed by atoms with van der Waals surface area (Å²) < 4.78 is 11.4. The van der Waals surface area contributed by atoms with Crippen LogP contribution < -0.4 is 14.8 Å². The lowest BCUT2D eigenvalue weighted by Crippen LogP contribution is -2.16. The molecule has 0 saturated carbocycles. The number of aliphatic hydroxyl groups is 1. The van der Waals surface area contributed by atoms with E-state index in [1.54, 1.807) is 7.11 Å². The average molecular weight is 420 g/mol. The molecule has 3 aromatic carbocycles. The van der Waals surface area contributed by atoms with E-state index in [2.05, 4.69) is 49.5 Å². The second kappa shape index (κ2) is 11.0. The first-order chi connectivity index (χ1) is 15.0. The lowest BCUT2D eigenvalue weighted by Gasteiger charge is -2.18. The molecule has 4 heteroatoms. The van der Waals surface area contributed by atoms with Gasteiger partial charge in [0.2, 0.25) is 0 Å². The fourth-order valence-electron chi connectivity index (χ4n) is 3.65. The molecule has 0 spiro atoms. The summed E-state index contributed by atoms with van der Waals surface area (Å²) in [5, 5.41) is 14.1. The Labute approximate surface area is 185 Å². The van der Waals surface area contributed by atoms with Crippen molar-refractivity contribution >= 4 is 0 Å². The SMILES string of the molecule is COc1cc(CNCCc2ccccc2)ccc1OC[C@H](O)c1cc(C)c(C)cc1C. The molecule has 4 nitrogen and oxygen atoms in total. The van der Waals surface area contributed by atoms with Crippen molar-refractivity contribution in [3.05, 3.63) is 94.0 Å². The summed E-state index contributed by atoms with van der Waals surface area (Å²) >= 11 is 0. The molecule has 31 heavy (non-hydrogen) atoms. The van der Waals surface area contributed by atoms with Gasteiger partial charge in [-0.25, -0.2) is 0 Å². The van der Waals surface area contributed by atoms with Crippen molar-refractivity contribution in [3.8, 4) is 11.5 Å². The number of nitrogens with one attached hydrogen (secondary N) is 1. The van der Waals surface area contributed by atoms with Crippen LogP contribution >= 0.6 is 0 Å². The molecule has 0 aliphatic rings. The molecule has 0 amide bonds. The predicted octanol–water partition coefficient (Wildman–Crippen LogP) is 5.07. The van der Waals surface area contributed by atoms with Gasteiger partial charge in [0.25, 0.3) is 0 Å². The maximum absolute atomic E-state index is 10.7. The number of methoxy groups -OCH3 is 1. The second-order valence-electron chi connectivity index (χ2n) is 8.02. The number of ether oxygens (including phenoxy) is 2. The first kappa shape index (κ1) is 22.9. The first-order valence-electron chi connectivity index (χ1n) is 10.8. The Kier molecular flexibility index (Phi) is 8.10. The van der Waals surface area contributed by atoms with Crippen LogP contribution in [0.5, 0.6) is 11.5 Å². The molecule has 0 unspecified atom stereocenters. The van der Waals surface area contributed by atoms with Gasteiger partial charge in [0.15, 0.2) is 11.5 Å². The van der Waals surface area contributed by atoms with Crippen molar-refractivity contribution in [3.63, 3.8) is 0 Å². The van der Waals surface area contributed by atoms with Crippen LogP contribution in [0, 0.1) is 20.8 Å². The van der Waals surface area contributed by atoms with Crippen molar-refractivity contribution in [1.82, 2.24) is 5.32 Å². The average Bonchev–Trinajstić information content (AvgIpc) is 2.78. The van der Waals surface area contributed by atoms with Gasteiger partial charge in [0.05, 0.1) is 7.11 Å². The lowest BCUT2D eigenvalue weighted by atomic mass is 9.97. The topological polar surface area (TPSA) is 50.7 Å². The Hall–Kier alpha value is -2.82. The molecular weight excluding hydrogens is 386 g/mol. The van der Waals surface area contributed by atoms with Crippen molar-refractivity contribution in [2.75, 3.05) is 20.3 Å². The molecule has 164 valence electrons. The van der Waals surface area contributed by atoms with Crippen LogP contribution in [0.25, 0.3) is 0 Å². The Balaban J connectivity index is 1.55. The third kappa shape index (κ3) is 6.33. The van der Waals surface area contributed by atoms with Gasteiger partial charge in [-0.3, -0.25) is 0 Å². The number of rotatable bonds is 10. The van der Waals surface area contributed by atoms with Gasteiger partial charge >= 0.3 is 0 Å². The van der Waals surface area contributed by atoms with Gasteiger partial charge in [0.1, 0.15) is 12.7 Å². The fourth-order valence-corrected chi connectivity index (χ4v) is 3.65. The second-order valence-corrected chi connectivity index (χ2v) is 8.02. The van der Waals surface area contributed by atoms with E-state index in [4.69, 9.17) is 9.47 Å². The molecule has 0 saturated heterocycles. The molecule has 0 aliphatic carbocycles. The Bertz CT molecular complexity index is 985. The molecule has 3 aromatic rings. The predicted molar refractivity (Wildman–Crippen MR) is 126 cm³/mol. The van der Waals surface area contributed by atoms with E-state index in [1.165, 1.54) is 16.7 Å². The third-order valence-electron chi connectivity index (χ3n) is 5.63. The largest absolute Gasteiger partial charge is 0.493 e. The molecule has 3 rings (SSSR count). The minimum atomic E-state index is -0.691. The van der Waals surface area contributed by atoms with E-state index < -0.39 is 6.10 Å². The fraction of sp³-hybridized carbons (Fsp3) is 0.333. The van der Waals surface area contributed by atoms with E-state index >= 15 is 0 Å². The molecule has 2 N–H and O–H groups in total. The van der Waals surface area contributed by atoms with Crippen molar-refractivity contribution in [1.29, 1.82) is 0 Å². The van der Waals surface area contributed by atoms with Gasteiger partial charge in [0, 0.05) is 6.54 Å². The number of hydrogen-bond donors (Lipinski definition) is 2. The molecule has 0 radical (unpaired) electrons. The molecular formula is C27H33NO3. The minimum absolute atomic E-state index is 0.175. The van der Waals surface area contributed by atoms with Crippen LogP contribution in [-0.2, 0) is 13.0 Å². The molecule has 0 heterocycles. The quantitative estimate of drug-likeness (QED) is 0.451. The Morgan fingerprint density at radius 2 is 1.58 bits per heavy atom. The summed E-state index contributed by atoms with van der Waals surface area (Å²) in [6.07, 6.45) is 0.304. The van der Waals surface area contributed by atoms with E-state index in [0.717, 1.165) is 36.2 Å². The minimum Gasteiger partial charge on any atom is -0.493 e. The summed E-state index contributed by atoms with van der Waals surface area (Å²) in [6.45, 7) is 8.00. The van der Waals surface area contributed by atoms with Crippen molar-refractivity contribution in [2.24, 2.45) is 0 Å². The molecule has 0 fully saturated rings. The van der Waals surface area contributed by atoms with Gasteiger partial charge in [-0.05, 0) is 79.3 Å². The third-order valence-corrected chi connectivity index (χ3v) is 5.63. The zero-order chi connectivity index (χ0) is 22.2. The number of benzene rings is 3. The van der Waals surface area contributed by atoms with Crippen LogP contribution in [0.2, 0.25) is 0 Å². The Morgan fingerprint density at radius 3 is 2.32 bits per heavy atom. The van der Waals surface area contributed by atoms with Gasteiger partial charge in [-0.15, -0.1) is 0 Å². The summed E-state index contributed by atoms with van der Waals surface area (Å²) in [7, 11) is 1.64. The molecule has 0 aromatic heterocycles. The number of aliphatic hydroxyl groups excluding tert-OH is 1. The zero-order valence-electron chi connectivity index (χ0n) is 18.9. The summed E-state index contributed by atoms with van der Waals surface area (Å²) in [4.78, 5) is 0. The summed E-state index contributed by atoms with van der Waals surface area (Å²) in [5.74, 6) is 1.31. The highest BCUT2D eigenvalue weighted by Gasteiger charge is 2.14. The van der Waals surface area contributed by atoms with E-state index in [9.17, 15) is 5.11 Å².